The van der Waals surface area contributed by atoms with Gasteiger partial charge in [0.1, 0.15) is 5.75 Å². The third-order valence-corrected chi connectivity index (χ3v) is 5.90. The highest BCUT2D eigenvalue weighted by molar-refractivity contribution is 9.11. The lowest BCUT2D eigenvalue weighted by Crippen LogP contribution is -2.26. The topological polar surface area (TPSA) is 79.8 Å². The van der Waals surface area contributed by atoms with E-state index in [1.165, 1.54) is 0 Å². The molecule has 0 heterocycles. The molecule has 0 fully saturated rings. The third kappa shape index (κ3) is 6.38. The Labute approximate surface area is 197 Å². The number of nitrogens with zero attached hydrogens (tertiary/aromatic N) is 1. The second-order valence-corrected chi connectivity index (χ2v) is 8.66. The van der Waals surface area contributed by atoms with Crippen molar-refractivity contribution in [3.63, 3.8) is 0 Å². The van der Waals surface area contributed by atoms with Crippen LogP contribution in [0.15, 0.2) is 68.6 Å². The molecule has 3 aromatic carbocycles. The van der Waals surface area contributed by atoms with E-state index in [1.54, 1.807) is 6.92 Å². The summed E-state index contributed by atoms with van der Waals surface area (Å²) < 4.78 is 7.22. The predicted octanol–water partition coefficient (Wildman–Crippen LogP) is 5.57. The lowest BCUT2D eigenvalue weighted by atomic mass is 10.1. The van der Waals surface area contributed by atoms with Crippen LogP contribution in [0.3, 0.4) is 0 Å². The number of anilines is 1. The number of hydrogen-bond donors (Lipinski definition) is 2. The van der Waals surface area contributed by atoms with Crippen LogP contribution in [0.5, 0.6) is 5.75 Å². The molecule has 0 radical (unpaired) electrons. The van der Waals surface area contributed by atoms with Crippen molar-refractivity contribution < 1.29 is 14.3 Å². The van der Waals surface area contributed by atoms with Crippen molar-refractivity contribution in [3.05, 3.63) is 69.1 Å². The number of nitrogens with one attached hydrogen (secondary N) is 2. The molecule has 0 aliphatic carbocycles. The van der Waals surface area contributed by atoms with Gasteiger partial charge in [-0.2, -0.15) is 5.10 Å². The van der Waals surface area contributed by atoms with E-state index in [0.29, 0.717) is 11.5 Å². The number of halogens is 2. The first-order valence-corrected chi connectivity index (χ1v) is 11.1. The van der Waals surface area contributed by atoms with Gasteiger partial charge in [0.25, 0.3) is 5.91 Å². The molecule has 0 aliphatic rings. The van der Waals surface area contributed by atoms with Gasteiger partial charge >= 0.3 is 0 Å². The van der Waals surface area contributed by atoms with Gasteiger partial charge in [-0.05, 0) is 58.9 Å². The summed E-state index contributed by atoms with van der Waals surface area (Å²) in [6, 6.07) is 17.2. The Hall–Kier alpha value is -2.71. The number of amides is 2. The summed E-state index contributed by atoms with van der Waals surface area (Å²) in [6.45, 7) is 3.41. The molecule has 3 rings (SSSR count). The zero-order valence-corrected chi connectivity index (χ0v) is 20.2. The minimum Gasteiger partial charge on any atom is -0.483 e. The average molecular weight is 547 g/mol. The molecule has 0 spiro atoms. The molecule has 2 N–H and O–H groups in total. The zero-order valence-electron chi connectivity index (χ0n) is 17.0. The van der Waals surface area contributed by atoms with Gasteiger partial charge in [-0.1, -0.05) is 52.3 Å². The summed E-state index contributed by atoms with van der Waals surface area (Å²) in [5, 5.41) is 8.90. The van der Waals surface area contributed by atoms with E-state index in [9.17, 15) is 9.59 Å². The van der Waals surface area contributed by atoms with Gasteiger partial charge < -0.3 is 10.1 Å². The predicted molar refractivity (Wildman–Crippen MR) is 131 cm³/mol. The second-order valence-electron chi connectivity index (χ2n) is 6.95. The molecule has 31 heavy (non-hydrogen) atoms. The van der Waals surface area contributed by atoms with Crippen LogP contribution in [0, 0.1) is 6.92 Å². The van der Waals surface area contributed by atoms with Crippen molar-refractivity contribution in [3.8, 4) is 5.75 Å². The quantitative estimate of drug-likeness (QED) is 0.300. The monoisotopic (exact) mass is 545 g/mol. The SMILES string of the molecule is C/C(CC(=O)Nc1cccc2ccccc12)=N/NC(=O)COc1cc(C)c(Br)cc1Br. The summed E-state index contributed by atoms with van der Waals surface area (Å²) in [5.41, 5.74) is 4.62. The minimum absolute atomic E-state index is 0.0574. The van der Waals surface area contributed by atoms with E-state index < -0.39 is 5.91 Å². The normalized spacial score (nSPS) is 11.3. The zero-order chi connectivity index (χ0) is 22.4. The summed E-state index contributed by atoms with van der Waals surface area (Å²) in [5.74, 6) is -0.0651. The van der Waals surface area contributed by atoms with Crippen LogP contribution in [0.1, 0.15) is 18.9 Å². The fraction of sp³-hybridized carbons (Fsp3) is 0.174. The highest BCUT2D eigenvalue weighted by Crippen LogP contribution is 2.31. The molecule has 160 valence electrons. The minimum atomic E-state index is -0.415. The molecule has 0 bridgehead atoms. The Morgan fingerprint density at radius 2 is 1.74 bits per heavy atom. The van der Waals surface area contributed by atoms with Crippen molar-refractivity contribution in [2.24, 2.45) is 5.10 Å². The number of hydrazone groups is 1. The number of rotatable bonds is 7. The van der Waals surface area contributed by atoms with Crippen LogP contribution >= 0.6 is 31.9 Å². The van der Waals surface area contributed by atoms with Crippen molar-refractivity contribution in [2.45, 2.75) is 20.3 Å². The van der Waals surface area contributed by atoms with Gasteiger partial charge in [0.15, 0.2) is 6.61 Å². The fourth-order valence-electron chi connectivity index (χ4n) is 2.88. The number of hydrogen-bond acceptors (Lipinski definition) is 4. The molecule has 0 unspecified atom stereocenters. The maximum absolute atomic E-state index is 12.4. The van der Waals surface area contributed by atoms with Crippen LogP contribution in [0.4, 0.5) is 5.69 Å². The van der Waals surface area contributed by atoms with E-state index in [1.807, 2.05) is 61.5 Å². The van der Waals surface area contributed by atoms with Crippen LogP contribution in [-0.4, -0.2) is 24.1 Å². The van der Waals surface area contributed by atoms with E-state index in [2.05, 4.69) is 47.7 Å². The van der Waals surface area contributed by atoms with Gasteiger partial charge in [0.05, 0.1) is 10.9 Å². The highest BCUT2D eigenvalue weighted by atomic mass is 79.9. The number of aryl methyl sites for hydroxylation is 1. The lowest BCUT2D eigenvalue weighted by molar-refractivity contribution is -0.123. The van der Waals surface area contributed by atoms with Crippen molar-refractivity contribution >= 4 is 65.8 Å². The van der Waals surface area contributed by atoms with Gasteiger partial charge in [0.2, 0.25) is 5.91 Å². The largest absolute Gasteiger partial charge is 0.483 e. The molecule has 3 aromatic rings. The van der Waals surface area contributed by atoms with E-state index >= 15 is 0 Å². The van der Waals surface area contributed by atoms with Gasteiger partial charge in [-0.3, -0.25) is 9.59 Å². The Kier molecular flexibility index (Phi) is 7.81. The standard InChI is InChI=1S/C23H21Br2N3O3/c1-14-10-21(19(25)12-18(14)24)31-13-23(30)28-27-15(2)11-22(29)26-20-9-5-7-16-6-3-4-8-17(16)20/h3-10,12H,11,13H2,1-2H3,(H,26,29)(H,28,30)/b27-15-. The fourth-order valence-corrected chi connectivity index (χ4v) is 3.98. The third-order valence-electron chi connectivity index (χ3n) is 4.42. The summed E-state index contributed by atoms with van der Waals surface area (Å²) >= 11 is 6.84. The van der Waals surface area contributed by atoms with E-state index in [-0.39, 0.29) is 18.9 Å². The smallest absolute Gasteiger partial charge is 0.277 e. The Bertz CT molecular complexity index is 1160. The number of carbonyl (C=O) groups is 2. The maximum atomic E-state index is 12.4. The number of carbonyl (C=O) groups excluding carboxylic acids is 2. The molecule has 0 aliphatic heterocycles. The average Bonchev–Trinajstić information content (AvgIpc) is 2.74. The number of benzene rings is 3. The molecule has 8 heteroatoms. The van der Waals surface area contributed by atoms with Crippen LogP contribution in [0.2, 0.25) is 0 Å². The molecule has 0 saturated heterocycles. The molecular formula is C23H21Br2N3O3. The first-order valence-electron chi connectivity index (χ1n) is 9.51. The first-order chi connectivity index (χ1) is 14.8. The van der Waals surface area contributed by atoms with E-state index in [0.717, 1.165) is 31.0 Å². The van der Waals surface area contributed by atoms with Crippen molar-refractivity contribution in [1.82, 2.24) is 5.43 Å². The summed E-state index contributed by atoms with van der Waals surface area (Å²) in [4.78, 5) is 24.4. The number of ether oxygens (including phenoxy) is 1. The van der Waals surface area contributed by atoms with Crippen LogP contribution in [0.25, 0.3) is 10.8 Å². The van der Waals surface area contributed by atoms with Crippen LogP contribution < -0.4 is 15.5 Å². The Morgan fingerprint density at radius 1 is 1.00 bits per heavy atom. The molecule has 2 amide bonds. The first kappa shape index (κ1) is 23.0. The number of fused-ring (bicyclic) bond motifs is 1. The van der Waals surface area contributed by atoms with Crippen molar-refractivity contribution in [2.75, 3.05) is 11.9 Å². The molecule has 6 nitrogen and oxygen atoms in total. The second kappa shape index (κ2) is 10.5. The molecule has 0 aromatic heterocycles. The summed E-state index contributed by atoms with van der Waals surface area (Å²) in [7, 11) is 0. The van der Waals surface area contributed by atoms with Gasteiger partial charge in [-0.25, -0.2) is 5.43 Å². The molecular weight excluding hydrogens is 526 g/mol. The van der Waals surface area contributed by atoms with Gasteiger partial charge in [0, 0.05) is 21.3 Å². The van der Waals surface area contributed by atoms with Crippen molar-refractivity contribution in [1.29, 1.82) is 0 Å². The maximum Gasteiger partial charge on any atom is 0.277 e. The molecule has 0 saturated carbocycles. The van der Waals surface area contributed by atoms with Crippen LogP contribution in [-0.2, 0) is 9.59 Å². The lowest BCUT2D eigenvalue weighted by Gasteiger charge is -2.10. The Balaban J connectivity index is 1.51. The van der Waals surface area contributed by atoms with Gasteiger partial charge in [-0.15, -0.1) is 0 Å². The van der Waals surface area contributed by atoms with E-state index in [4.69, 9.17) is 4.74 Å². The Morgan fingerprint density at radius 3 is 2.55 bits per heavy atom. The summed E-state index contributed by atoms with van der Waals surface area (Å²) in [6.07, 6.45) is 0.0574. The molecule has 0 atom stereocenters. The highest BCUT2D eigenvalue weighted by Gasteiger charge is 2.10.